The Balaban J connectivity index is 1.58. The number of hydrogen-bond donors (Lipinski definition) is 2. The van der Waals surface area contributed by atoms with E-state index < -0.39 is 5.69 Å². The van der Waals surface area contributed by atoms with Crippen LogP contribution in [0.2, 0.25) is 0 Å². The van der Waals surface area contributed by atoms with Crippen LogP contribution in [0.5, 0.6) is 11.5 Å². The van der Waals surface area contributed by atoms with Gasteiger partial charge in [-0.1, -0.05) is 6.07 Å². The van der Waals surface area contributed by atoms with Crippen LogP contribution < -0.4 is 20.7 Å². The van der Waals surface area contributed by atoms with Crippen molar-refractivity contribution in [2.45, 2.75) is 31.8 Å². The van der Waals surface area contributed by atoms with Crippen molar-refractivity contribution in [2.75, 3.05) is 19.8 Å². The van der Waals surface area contributed by atoms with Gasteiger partial charge in [-0.25, -0.2) is 4.79 Å². The van der Waals surface area contributed by atoms with E-state index >= 15 is 0 Å². The van der Waals surface area contributed by atoms with Crippen molar-refractivity contribution in [2.24, 2.45) is 0 Å². The number of nitrogens with zero attached hydrogens (tertiary/aromatic N) is 1. The highest BCUT2D eigenvalue weighted by Crippen LogP contribution is 2.38. The molecule has 0 unspecified atom stereocenters. The second kappa shape index (κ2) is 6.76. The molecule has 4 rings (SSSR count). The lowest BCUT2D eigenvalue weighted by Crippen LogP contribution is -2.28. The highest BCUT2D eigenvalue weighted by atomic mass is 16.5. The molecule has 0 bridgehead atoms. The van der Waals surface area contributed by atoms with Crippen LogP contribution in [-0.4, -0.2) is 34.6 Å². The Kier molecular flexibility index (Phi) is 4.31. The summed E-state index contributed by atoms with van der Waals surface area (Å²) in [6, 6.07) is 7.80. The largest absolute Gasteiger partial charge is 0.490 e. The van der Waals surface area contributed by atoms with Gasteiger partial charge in [0.1, 0.15) is 0 Å². The van der Waals surface area contributed by atoms with Crippen LogP contribution >= 0.6 is 0 Å². The number of ether oxygens (including phenoxy) is 2. The van der Waals surface area contributed by atoms with Crippen LogP contribution in [0.1, 0.15) is 36.6 Å². The van der Waals surface area contributed by atoms with Gasteiger partial charge >= 0.3 is 5.69 Å². The molecule has 2 aliphatic heterocycles. The second-order valence-corrected chi connectivity index (χ2v) is 6.50. The predicted octanol–water partition coefficient (Wildman–Crippen LogP) is 1.56. The van der Waals surface area contributed by atoms with Crippen molar-refractivity contribution >= 4 is 0 Å². The van der Waals surface area contributed by atoms with E-state index in [0.717, 1.165) is 37.3 Å². The summed E-state index contributed by atoms with van der Waals surface area (Å²) in [6.45, 7) is 2.81. The summed E-state index contributed by atoms with van der Waals surface area (Å²) >= 11 is 0. The van der Waals surface area contributed by atoms with Gasteiger partial charge in [0.25, 0.3) is 5.56 Å². The van der Waals surface area contributed by atoms with E-state index in [4.69, 9.17) is 9.47 Å². The summed E-state index contributed by atoms with van der Waals surface area (Å²) in [7, 11) is 0. The summed E-state index contributed by atoms with van der Waals surface area (Å²) in [5.41, 5.74) is 0.975. The van der Waals surface area contributed by atoms with Crippen molar-refractivity contribution in [1.29, 1.82) is 0 Å². The summed E-state index contributed by atoms with van der Waals surface area (Å²) in [6.07, 6.45) is 3.00. The van der Waals surface area contributed by atoms with Crippen LogP contribution in [0.4, 0.5) is 0 Å². The van der Waals surface area contributed by atoms with Gasteiger partial charge in [0.05, 0.1) is 13.2 Å². The normalized spacial score (nSPS) is 20.4. The molecule has 132 valence electrons. The Morgan fingerprint density at radius 3 is 2.72 bits per heavy atom. The number of likely N-dealkylation sites (tertiary alicyclic amines) is 1. The molecule has 1 fully saturated rings. The van der Waals surface area contributed by atoms with Crippen molar-refractivity contribution in [3.05, 3.63) is 56.4 Å². The van der Waals surface area contributed by atoms with Crippen molar-refractivity contribution < 1.29 is 9.47 Å². The molecule has 25 heavy (non-hydrogen) atoms. The van der Waals surface area contributed by atoms with Crippen LogP contribution in [-0.2, 0) is 6.54 Å². The lowest BCUT2D eigenvalue weighted by molar-refractivity contribution is 0.244. The highest BCUT2D eigenvalue weighted by Gasteiger charge is 2.27. The maximum absolute atomic E-state index is 11.5. The number of aromatic nitrogens is 2. The van der Waals surface area contributed by atoms with Crippen LogP contribution in [0.15, 0.2) is 33.9 Å². The SMILES string of the molecule is O=c1cc(CN2CCC[C@H]2c2ccc3c(c2)OCCCO3)[nH]c(=O)[nH]1. The van der Waals surface area contributed by atoms with E-state index in [0.29, 0.717) is 25.5 Å². The zero-order valence-electron chi connectivity index (χ0n) is 13.9. The molecular formula is C18H21N3O4. The summed E-state index contributed by atoms with van der Waals surface area (Å²) in [5.74, 6) is 1.59. The third-order valence-corrected chi connectivity index (χ3v) is 4.71. The number of rotatable bonds is 3. The van der Waals surface area contributed by atoms with Gasteiger partial charge < -0.3 is 14.5 Å². The molecule has 7 heteroatoms. The molecule has 2 aliphatic rings. The van der Waals surface area contributed by atoms with E-state index in [1.807, 2.05) is 6.07 Å². The topological polar surface area (TPSA) is 87.4 Å². The second-order valence-electron chi connectivity index (χ2n) is 6.50. The van der Waals surface area contributed by atoms with E-state index in [9.17, 15) is 9.59 Å². The standard InChI is InChI=1S/C18H21N3O4/c22-17-10-13(19-18(23)20-17)11-21-6-1-3-14(21)12-4-5-15-16(9-12)25-8-2-7-24-15/h4-5,9-10,14H,1-3,6-8,11H2,(H2,19,20,22,23)/t14-/m0/s1. The molecular weight excluding hydrogens is 322 g/mol. The molecule has 0 spiro atoms. The smallest absolute Gasteiger partial charge is 0.325 e. The lowest BCUT2D eigenvalue weighted by atomic mass is 10.0. The van der Waals surface area contributed by atoms with E-state index in [1.54, 1.807) is 0 Å². The van der Waals surface area contributed by atoms with Crippen LogP contribution in [0.3, 0.4) is 0 Å². The summed E-state index contributed by atoms with van der Waals surface area (Å²) in [5, 5.41) is 0. The van der Waals surface area contributed by atoms with Gasteiger partial charge in [-0.15, -0.1) is 0 Å². The molecule has 0 radical (unpaired) electrons. The van der Waals surface area contributed by atoms with Gasteiger partial charge in [0.2, 0.25) is 0 Å². The maximum Gasteiger partial charge on any atom is 0.325 e. The Morgan fingerprint density at radius 2 is 1.88 bits per heavy atom. The Bertz CT molecular complexity index is 845. The molecule has 7 nitrogen and oxygen atoms in total. The van der Waals surface area contributed by atoms with Gasteiger partial charge in [-0.3, -0.25) is 14.7 Å². The van der Waals surface area contributed by atoms with Gasteiger partial charge in [0.15, 0.2) is 11.5 Å². The first kappa shape index (κ1) is 16.0. The summed E-state index contributed by atoms with van der Waals surface area (Å²) < 4.78 is 11.5. The van der Waals surface area contributed by atoms with E-state index in [-0.39, 0.29) is 11.6 Å². The molecule has 3 heterocycles. The number of H-pyrrole nitrogens is 2. The first-order chi connectivity index (χ1) is 12.2. The van der Waals surface area contributed by atoms with Crippen molar-refractivity contribution in [3.63, 3.8) is 0 Å². The van der Waals surface area contributed by atoms with E-state index in [1.165, 1.54) is 11.6 Å². The van der Waals surface area contributed by atoms with Crippen molar-refractivity contribution in [1.82, 2.24) is 14.9 Å². The average molecular weight is 343 g/mol. The minimum atomic E-state index is -0.464. The Labute approximate surface area is 144 Å². The zero-order chi connectivity index (χ0) is 17.2. The van der Waals surface area contributed by atoms with Crippen LogP contribution in [0, 0.1) is 0 Å². The Hall–Kier alpha value is -2.54. The zero-order valence-corrected chi connectivity index (χ0v) is 13.9. The molecule has 1 aromatic heterocycles. The molecule has 1 aromatic carbocycles. The third kappa shape index (κ3) is 3.46. The predicted molar refractivity (Wildman–Crippen MR) is 92.1 cm³/mol. The van der Waals surface area contributed by atoms with Gasteiger partial charge in [-0.05, 0) is 37.1 Å². The molecule has 2 N–H and O–H groups in total. The van der Waals surface area contributed by atoms with Gasteiger partial charge in [0, 0.05) is 30.8 Å². The van der Waals surface area contributed by atoms with Crippen molar-refractivity contribution in [3.8, 4) is 11.5 Å². The fourth-order valence-electron chi connectivity index (χ4n) is 3.60. The van der Waals surface area contributed by atoms with Crippen LogP contribution in [0.25, 0.3) is 0 Å². The molecule has 0 aliphatic carbocycles. The third-order valence-electron chi connectivity index (χ3n) is 4.71. The first-order valence-electron chi connectivity index (χ1n) is 8.65. The molecule has 0 saturated carbocycles. The minimum Gasteiger partial charge on any atom is -0.490 e. The number of nitrogens with one attached hydrogen (secondary N) is 2. The monoisotopic (exact) mass is 343 g/mol. The minimum absolute atomic E-state index is 0.236. The number of aromatic amines is 2. The highest BCUT2D eigenvalue weighted by molar-refractivity contribution is 5.44. The molecule has 2 aromatic rings. The number of fused-ring (bicyclic) bond motifs is 1. The quantitative estimate of drug-likeness (QED) is 0.883. The Morgan fingerprint density at radius 1 is 1.04 bits per heavy atom. The van der Waals surface area contributed by atoms with Gasteiger partial charge in [-0.2, -0.15) is 0 Å². The lowest BCUT2D eigenvalue weighted by Gasteiger charge is -2.25. The maximum atomic E-state index is 11.5. The molecule has 1 saturated heterocycles. The number of benzene rings is 1. The fraction of sp³-hybridized carbons (Fsp3) is 0.444. The summed E-state index contributed by atoms with van der Waals surface area (Å²) in [4.78, 5) is 30.2. The molecule has 0 amide bonds. The number of hydrogen-bond acceptors (Lipinski definition) is 5. The first-order valence-corrected chi connectivity index (χ1v) is 8.65. The van der Waals surface area contributed by atoms with E-state index in [2.05, 4.69) is 27.0 Å². The average Bonchev–Trinajstić information content (AvgIpc) is 2.89. The fourth-order valence-corrected chi connectivity index (χ4v) is 3.60. The molecule has 1 atom stereocenters.